The molecule has 1 amide bonds. The number of carbonyl (C=O) groups is 1. The van der Waals surface area contributed by atoms with E-state index in [1.807, 2.05) is 0 Å². The molecule has 0 aliphatic carbocycles. The summed E-state index contributed by atoms with van der Waals surface area (Å²) in [5.74, 6) is -0.333. The smallest absolute Gasteiger partial charge is 0.214 e. The van der Waals surface area contributed by atoms with Crippen molar-refractivity contribution in [2.45, 2.75) is 20.0 Å². The molecule has 5 heteroatoms. The highest BCUT2D eigenvalue weighted by atomic mass is 16.3. The van der Waals surface area contributed by atoms with Crippen molar-refractivity contribution in [3.63, 3.8) is 0 Å². The maximum Gasteiger partial charge on any atom is 0.214 e. The molecular weight excluding hydrogens is 136 g/mol. The van der Waals surface area contributed by atoms with Gasteiger partial charge in [-0.05, 0) is 6.92 Å². The Labute approximate surface area is 60.4 Å². The van der Waals surface area contributed by atoms with Gasteiger partial charge in [0.05, 0.1) is 12.7 Å². The summed E-state index contributed by atoms with van der Waals surface area (Å²) in [7, 11) is 0. The van der Waals surface area contributed by atoms with E-state index in [0.717, 1.165) is 0 Å². The topological polar surface area (TPSA) is 119 Å². The van der Waals surface area contributed by atoms with E-state index in [1.54, 1.807) is 0 Å². The first-order valence-corrected chi connectivity index (χ1v) is 2.55. The van der Waals surface area contributed by atoms with E-state index in [2.05, 4.69) is 5.73 Å². The van der Waals surface area contributed by atoms with Gasteiger partial charge in [0.15, 0.2) is 0 Å². The van der Waals surface area contributed by atoms with Crippen LogP contribution in [0, 0.1) is 0 Å². The van der Waals surface area contributed by atoms with Gasteiger partial charge in [-0.15, -0.1) is 0 Å². The minimum absolute atomic E-state index is 0. The lowest BCUT2D eigenvalue weighted by molar-refractivity contribution is -0.115. The normalized spacial score (nSPS) is 10.0. The fourth-order valence-electron chi connectivity index (χ4n) is 0. The number of carbonyl (C=O) groups excluding carboxylic acids is 1. The van der Waals surface area contributed by atoms with Gasteiger partial charge in [0.1, 0.15) is 0 Å². The molecule has 0 aliphatic heterocycles. The molecule has 64 valence electrons. The third kappa shape index (κ3) is 163. The predicted octanol–water partition coefficient (Wildman–Crippen LogP) is -0.987. The van der Waals surface area contributed by atoms with Crippen LogP contribution in [0.5, 0.6) is 0 Å². The second-order valence-corrected chi connectivity index (χ2v) is 1.64. The average molecular weight is 152 g/mol. The summed E-state index contributed by atoms with van der Waals surface area (Å²) >= 11 is 0. The number of hydrogen-bond acceptors (Lipinski definition) is 4. The Hall–Kier alpha value is -0.650. The molecule has 10 heavy (non-hydrogen) atoms. The van der Waals surface area contributed by atoms with Gasteiger partial charge in [-0.2, -0.15) is 0 Å². The molecule has 1 atom stereocenters. The van der Waals surface area contributed by atoms with Crippen LogP contribution < -0.4 is 11.9 Å². The number of primary amides is 1. The summed E-state index contributed by atoms with van der Waals surface area (Å²) < 4.78 is 0. The molecule has 0 saturated carbocycles. The van der Waals surface area contributed by atoms with E-state index < -0.39 is 6.10 Å². The van der Waals surface area contributed by atoms with Crippen LogP contribution >= 0.6 is 0 Å². The number of aliphatic hydroxyl groups excluding tert-OH is 2. The Kier molecular flexibility index (Phi) is 18.1. The van der Waals surface area contributed by atoms with Crippen LogP contribution in [0.15, 0.2) is 0 Å². The van der Waals surface area contributed by atoms with Gasteiger partial charge < -0.3 is 22.1 Å². The molecule has 7 N–H and O–H groups in total. The Bertz CT molecular complexity index is 71.3. The zero-order valence-corrected chi connectivity index (χ0v) is 6.37. The van der Waals surface area contributed by atoms with Gasteiger partial charge >= 0.3 is 0 Å². The van der Waals surface area contributed by atoms with E-state index in [0.29, 0.717) is 0 Å². The maximum absolute atomic E-state index is 9.22. The highest BCUT2D eigenvalue weighted by Crippen LogP contribution is 1.68. The van der Waals surface area contributed by atoms with Gasteiger partial charge in [0, 0.05) is 6.92 Å². The van der Waals surface area contributed by atoms with Crippen LogP contribution in [0.3, 0.4) is 0 Å². The average Bonchev–Trinajstić information content (AvgIpc) is 1.65. The highest BCUT2D eigenvalue weighted by Gasteiger charge is 1.83. The third-order valence-corrected chi connectivity index (χ3v) is 0.264. The van der Waals surface area contributed by atoms with Crippen molar-refractivity contribution in [3.8, 4) is 0 Å². The molecular formula is C5H16N2O3. The summed E-state index contributed by atoms with van der Waals surface area (Å²) in [6.45, 7) is 2.69. The van der Waals surface area contributed by atoms with E-state index >= 15 is 0 Å². The first kappa shape index (κ1) is 16.2. The van der Waals surface area contributed by atoms with Crippen molar-refractivity contribution in [1.29, 1.82) is 0 Å². The van der Waals surface area contributed by atoms with Crippen molar-refractivity contribution < 1.29 is 15.0 Å². The Morgan fingerprint density at radius 1 is 1.70 bits per heavy atom. The Morgan fingerprint density at radius 3 is 1.80 bits per heavy atom. The van der Waals surface area contributed by atoms with Crippen LogP contribution in [0.25, 0.3) is 0 Å². The first-order chi connectivity index (χ1) is 4.00. The monoisotopic (exact) mass is 152 g/mol. The number of amides is 1. The molecule has 1 unspecified atom stereocenters. The molecule has 0 aromatic heterocycles. The number of nitrogens with two attached hydrogens (primary N) is 1. The molecule has 0 rings (SSSR count). The van der Waals surface area contributed by atoms with Gasteiger partial charge in [-0.25, -0.2) is 0 Å². The second-order valence-electron chi connectivity index (χ2n) is 1.64. The van der Waals surface area contributed by atoms with Crippen LogP contribution in [0.4, 0.5) is 0 Å². The van der Waals surface area contributed by atoms with Gasteiger partial charge in [-0.3, -0.25) is 4.79 Å². The Balaban J connectivity index is -0.0000000910. The molecule has 0 radical (unpaired) electrons. The van der Waals surface area contributed by atoms with Crippen LogP contribution in [0.1, 0.15) is 13.8 Å². The minimum Gasteiger partial charge on any atom is -0.394 e. The second kappa shape index (κ2) is 11.2. The molecule has 5 nitrogen and oxygen atoms in total. The van der Waals surface area contributed by atoms with Crippen LogP contribution in [0.2, 0.25) is 0 Å². The maximum atomic E-state index is 9.22. The molecule has 0 bridgehead atoms. The highest BCUT2D eigenvalue weighted by molar-refractivity contribution is 5.70. The molecule has 0 aromatic carbocycles. The summed E-state index contributed by atoms with van der Waals surface area (Å²) in [6, 6.07) is 0. The third-order valence-electron chi connectivity index (χ3n) is 0.264. The molecule has 0 fully saturated rings. The van der Waals surface area contributed by atoms with E-state index in [4.69, 9.17) is 10.2 Å². The van der Waals surface area contributed by atoms with Gasteiger partial charge in [0.25, 0.3) is 0 Å². The van der Waals surface area contributed by atoms with Crippen molar-refractivity contribution in [3.05, 3.63) is 0 Å². The summed E-state index contributed by atoms with van der Waals surface area (Å²) in [4.78, 5) is 9.22. The SMILES string of the molecule is CC(N)=O.CC(O)CO.N. The van der Waals surface area contributed by atoms with Crippen LogP contribution in [-0.2, 0) is 4.79 Å². The van der Waals surface area contributed by atoms with Gasteiger partial charge in [0.2, 0.25) is 5.91 Å². The zero-order valence-electron chi connectivity index (χ0n) is 6.37. The fraction of sp³-hybridized carbons (Fsp3) is 0.800. The minimum atomic E-state index is -0.560. The van der Waals surface area contributed by atoms with Crippen molar-refractivity contribution in [2.75, 3.05) is 6.61 Å². The molecule has 0 heterocycles. The summed E-state index contributed by atoms with van der Waals surface area (Å²) in [6.07, 6.45) is -0.560. The van der Waals surface area contributed by atoms with Crippen molar-refractivity contribution >= 4 is 5.91 Å². The number of aliphatic hydroxyl groups is 2. The lowest BCUT2D eigenvalue weighted by Crippen LogP contribution is -2.03. The first-order valence-electron chi connectivity index (χ1n) is 2.55. The lowest BCUT2D eigenvalue weighted by Gasteiger charge is -1.90. The standard InChI is InChI=1S/C3H8O2.C2H5NO.H3N/c1-3(5)2-4;1-2(3)4;/h3-5H,2H2,1H3;1H3,(H2,3,4);1H3. The van der Waals surface area contributed by atoms with Crippen molar-refractivity contribution in [2.24, 2.45) is 5.73 Å². The summed E-state index contributed by atoms with van der Waals surface area (Å²) in [5, 5.41) is 16.0. The summed E-state index contributed by atoms with van der Waals surface area (Å²) in [5.41, 5.74) is 4.47. The van der Waals surface area contributed by atoms with E-state index in [-0.39, 0.29) is 18.7 Å². The van der Waals surface area contributed by atoms with Crippen molar-refractivity contribution in [1.82, 2.24) is 6.15 Å². The Morgan fingerprint density at radius 2 is 1.80 bits per heavy atom. The largest absolute Gasteiger partial charge is 0.394 e. The van der Waals surface area contributed by atoms with Gasteiger partial charge in [-0.1, -0.05) is 0 Å². The molecule has 0 aromatic rings. The lowest BCUT2D eigenvalue weighted by atomic mass is 10.5. The van der Waals surface area contributed by atoms with Crippen LogP contribution in [-0.4, -0.2) is 28.8 Å². The quantitative estimate of drug-likeness (QED) is 0.386. The number of hydrogen-bond donors (Lipinski definition) is 4. The zero-order chi connectivity index (χ0) is 7.86. The van der Waals surface area contributed by atoms with E-state index in [9.17, 15) is 4.79 Å². The molecule has 0 spiro atoms. The molecule has 0 saturated heterocycles. The fourth-order valence-corrected chi connectivity index (χ4v) is 0. The molecule has 0 aliphatic rings. The number of rotatable bonds is 1. The predicted molar refractivity (Wildman–Crippen MR) is 38.7 cm³/mol. The van der Waals surface area contributed by atoms with E-state index in [1.165, 1.54) is 13.8 Å².